The minimum atomic E-state index is -0.546. The third-order valence-corrected chi connectivity index (χ3v) is 4.48. The van der Waals surface area contributed by atoms with Crippen molar-refractivity contribution in [3.05, 3.63) is 88.1 Å². The molecule has 0 spiro atoms. The van der Waals surface area contributed by atoms with Gasteiger partial charge >= 0.3 is 0 Å². The molecule has 9 nitrogen and oxygen atoms in total. The highest BCUT2D eigenvalue weighted by Crippen LogP contribution is 2.25. The predicted molar refractivity (Wildman–Crippen MR) is 111 cm³/mol. The van der Waals surface area contributed by atoms with Crippen LogP contribution in [0.5, 0.6) is 5.75 Å². The molecular formula is C21H15N5O4. The molecule has 0 aliphatic rings. The first kappa shape index (κ1) is 18.8. The Morgan fingerprint density at radius 2 is 1.97 bits per heavy atom. The summed E-state index contributed by atoms with van der Waals surface area (Å²) < 4.78 is 0. The first-order chi connectivity index (χ1) is 14.5. The lowest BCUT2D eigenvalue weighted by Gasteiger charge is -2.04. The summed E-state index contributed by atoms with van der Waals surface area (Å²) in [6.45, 7) is 0. The second kappa shape index (κ2) is 7.84. The molecule has 4 aromatic rings. The fourth-order valence-corrected chi connectivity index (χ4v) is 3.00. The molecule has 0 unspecified atom stereocenters. The molecule has 0 saturated heterocycles. The molecule has 0 aliphatic carbocycles. The third-order valence-electron chi connectivity index (χ3n) is 4.48. The molecule has 0 bridgehead atoms. The Balaban J connectivity index is 1.52. The number of nitrogens with one attached hydrogen (secondary N) is 2. The highest BCUT2D eigenvalue weighted by atomic mass is 16.6. The third kappa shape index (κ3) is 3.72. The van der Waals surface area contributed by atoms with E-state index in [1.165, 1.54) is 24.4 Å². The standard InChI is InChI=1S/C21H15N5O4/c27-20-9-8-13-4-1-2-7-16(13)17(20)12-22-25-21(28)19-11-18(23-24-19)14-5-3-6-15(10-14)26(29)30/h1-12,27H,(H,23,24)(H,25,28)/b22-12-. The second-order valence-electron chi connectivity index (χ2n) is 6.39. The summed E-state index contributed by atoms with van der Waals surface area (Å²) >= 11 is 0. The Morgan fingerprint density at radius 1 is 1.13 bits per heavy atom. The van der Waals surface area contributed by atoms with Crippen molar-refractivity contribution in [2.75, 3.05) is 0 Å². The summed E-state index contributed by atoms with van der Waals surface area (Å²) in [5.41, 5.74) is 3.81. The topological polar surface area (TPSA) is 134 Å². The molecule has 1 amide bonds. The van der Waals surface area contributed by atoms with Crippen molar-refractivity contribution in [2.45, 2.75) is 0 Å². The molecule has 4 rings (SSSR count). The minimum Gasteiger partial charge on any atom is -0.507 e. The highest BCUT2D eigenvalue weighted by molar-refractivity contribution is 6.03. The van der Waals surface area contributed by atoms with Gasteiger partial charge in [0.05, 0.1) is 16.8 Å². The van der Waals surface area contributed by atoms with Gasteiger partial charge in [-0.05, 0) is 22.9 Å². The number of nitro benzene ring substituents is 1. The molecular weight excluding hydrogens is 386 g/mol. The molecule has 148 valence electrons. The van der Waals surface area contributed by atoms with E-state index in [-0.39, 0.29) is 17.1 Å². The summed E-state index contributed by atoms with van der Waals surface area (Å²) in [6.07, 6.45) is 1.37. The molecule has 0 atom stereocenters. The van der Waals surface area contributed by atoms with Crippen LogP contribution in [0.1, 0.15) is 16.1 Å². The van der Waals surface area contributed by atoms with E-state index in [0.29, 0.717) is 16.8 Å². The van der Waals surface area contributed by atoms with Gasteiger partial charge in [-0.3, -0.25) is 20.0 Å². The Kier molecular flexibility index (Phi) is 4.92. The van der Waals surface area contributed by atoms with E-state index in [1.807, 2.05) is 24.3 Å². The Bertz CT molecular complexity index is 1300. The van der Waals surface area contributed by atoms with E-state index in [0.717, 1.165) is 10.8 Å². The first-order valence-corrected chi connectivity index (χ1v) is 8.87. The van der Waals surface area contributed by atoms with E-state index in [1.54, 1.807) is 24.3 Å². The molecule has 0 saturated carbocycles. The summed E-state index contributed by atoms with van der Waals surface area (Å²) in [7, 11) is 0. The average Bonchev–Trinajstić information content (AvgIpc) is 3.26. The summed E-state index contributed by atoms with van der Waals surface area (Å²) in [5.74, 6) is -0.503. The lowest BCUT2D eigenvalue weighted by molar-refractivity contribution is -0.384. The van der Waals surface area contributed by atoms with Gasteiger partial charge in [-0.1, -0.05) is 42.5 Å². The van der Waals surface area contributed by atoms with Gasteiger partial charge in [-0.2, -0.15) is 10.2 Å². The number of phenols is 1. The number of phenolic OH excluding ortho intramolecular Hbond substituents is 1. The van der Waals surface area contributed by atoms with Crippen molar-refractivity contribution < 1.29 is 14.8 Å². The fraction of sp³-hybridized carbons (Fsp3) is 0. The number of nitrogens with zero attached hydrogens (tertiary/aromatic N) is 3. The number of H-pyrrole nitrogens is 1. The van der Waals surface area contributed by atoms with Gasteiger partial charge in [0.15, 0.2) is 0 Å². The zero-order chi connectivity index (χ0) is 21.1. The number of amides is 1. The SMILES string of the molecule is O=C(N/N=C\c1c(O)ccc2ccccc12)c1cc(-c2cccc([N+](=O)[O-])c2)n[nH]1. The lowest BCUT2D eigenvalue weighted by Crippen LogP contribution is -2.18. The zero-order valence-corrected chi connectivity index (χ0v) is 15.4. The number of carbonyl (C=O) groups excluding carboxylic acids is 1. The van der Waals surface area contributed by atoms with Crippen LogP contribution in [-0.4, -0.2) is 32.3 Å². The van der Waals surface area contributed by atoms with Crippen LogP contribution >= 0.6 is 0 Å². The maximum Gasteiger partial charge on any atom is 0.289 e. The van der Waals surface area contributed by atoms with Crippen LogP contribution in [-0.2, 0) is 0 Å². The maximum absolute atomic E-state index is 12.3. The van der Waals surface area contributed by atoms with Crippen LogP contribution < -0.4 is 5.43 Å². The van der Waals surface area contributed by atoms with Gasteiger partial charge in [-0.25, -0.2) is 5.43 Å². The van der Waals surface area contributed by atoms with E-state index >= 15 is 0 Å². The maximum atomic E-state index is 12.3. The van der Waals surface area contributed by atoms with Crippen molar-refractivity contribution in [2.24, 2.45) is 5.10 Å². The Hall–Kier alpha value is -4.53. The molecule has 0 aliphatic heterocycles. The Labute approximate surface area is 169 Å². The van der Waals surface area contributed by atoms with E-state index < -0.39 is 10.8 Å². The molecule has 3 N–H and O–H groups in total. The lowest BCUT2D eigenvalue weighted by atomic mass is 10.0. The minimum absolute atomic E-state index is 0.0428. The van der Waals surface area contributed by atoms with E-state index in [4.69, 9.17) is 0 Å². The first-order valence-electron chi connectivity index (χ1n) is 8.87. The van der Waals surface area contributed by atoms with Crippen molar-refractivity contribution >= 4 is 28.6 Å². The number of hydrazone groups is 1. The number of nitro groups is 1. The Morgan fingerprint density at radius 3 is 2.80 bits per heavy atom. The number of fused-ring (bicyclic) bond motifs is 1. The predicted octanol–water partition coefficient (Wildman–Crippen LogP) is 3.61. The van der Waals surface area contributed by atoms with Crippen LogP contribution in [0.4, 0.5) is 5.69 Å². The quantitative estimate of drug-likeness (QED) is 0.267. The van der Waals surface area contributed by atoms with E-state index in [9.17, 15) is 20.0 Å². The van der Waals surface area contributed by atoms with Gasteiger partial charge in [0.1, 0.15) is 11.4 Å². The number of non-ortho nitro benzene ring substituents is 1. The highest BCUT2D eigenvalue weighted by Gasteiger charge is 2.13. The van der Waals surface area contributed by atoms with Crippen molar-refractivity contribution in [1.29, 1.82) is 0 Å². The number of rotatable bonds is 5. The van der Waals surface area contributed by atoms with Gasteiger partial charge in [0, 0.05) is 23.3 Å². The molecule has 1 aromatic heterocycles. The number of hydrogen-bond acceptors (Lipinski definition) is 6. The van der Waals surface area contributed by atoms with Gasteiger partial charge in [-0.15, -0.1) is 0 Å². The van der Waals surface area contributed by atoms with Crippen LogP contribution in [0.2, 0.25) is 0 Å². The van der Waals surface area contributed by atoms with E-state index in [2.05, 4.69) is 20.7 Å². The zero-order valence-electron chi connectivity index (χ0n) is 15.4. The van der Waals surface area contributed by atoms with Gasteiger partial charge in [0.25, 0.3) is 11.6 Å². The monoisotopic (exact) mass is 401 g/mol. The summed E-state index contributed by atoms with van der Waals surface area (Å²) in [4.78, 5) is 22.8. The van der Waals surface area contributed by atoms with Gasteiger partial charge in [0.2, 0.25) is 0 Å². The largest absolute Gasteiger partial charge is 0.507 e. The number of benzene rings is 3. The molecule has 30 heavy (non-hydrogen) atoms. The van der Waals surface area contributed by atoms with Crippen LogP contribution in [0.25, 0.3) is 22.0 Å². The number of aromatic nitrogens is 2. The normalized spacial score (nSPS) is 11.1. The number of hydrogen-bond donors (Lipinski definition) is 3. The number of aromatic amines is 1. The number of aromatic hydroxyl groups is 1. The van der Waals surface area contributed by atoms with Crippen LogP contribution in [0.3, 0.4) is 0 Å². The second-order valence-corrected chi connectivity index (χ2v) is 6.39. The van der Waals surface area contributed by atoms with Crippen molar-refractivity contribution in [3.63, 3.8) is 0 Å². The van der Waals surface area contributed by atoms with Crippen molar-refractivity contribution in [1.82, 2.24) is 15.6 Å². The van der Waals surface area contributed by atoms with Crippen LogP contribution in [0, 0.1) is 10.1 Å². The molecule has 0 radical (unpaired) electrons. The smallest absolute Gasteiger partial charge is 0.289 e. The summed E-state index contributed by atoms with van der Waals surface area (Å²) in [5, 5.41) is 33.3. The summed E-state index contributed by atoms with van der Waals surface area (Å²) in [6, 6.07) is 18.3. The van der Waals surface area contributed by atoms with Crippen LogP contribution in [0.15, 0.2) is 71.8 Å². The molecule has 1 heterocycles. The molecule has 0 fully saturated rings. The fourth-order valence-electron chi connectivity index (χ4n) is 3.00. The molecule has 3 aromatic carbocycles. The number of carbonyl (C=O) groups is 1. The average molecular weight is 401 g/mol. The van der Waals surface area contributed by atoms with Crippen molar-refractivity contribution in [3.8, 4) is 17.0 Å². The molecule has 9 heteroatoms. The van der Waals surface area contributed by atoms with Gasteiger partial charge < -0.3 is 5.11 Å².